The summed E-state index contributed by atoms with van der Waals surface area (Å²) in [5, 5.41) is 1.52. The molecule has 0 saturated heterocycles. The second kappa shape index (κ2) is 6.16. The first-order valence-electron chi connectivity index (χ1n) is 6.74. The van der Waals surface area contributed by atoms with Gasteiger partial charge in [-0.1, -0.05) is 83.4 Å². The third-order valence-corrected chi connectivity index (χ3v) is 4.91. The summed E-state index contributed by atoms with van der Waals surface area (Å²) in [6, 6.07) is 17.5. The number of unbranched alkanes of at least 4 members (excludes halogenated alkanes) is 1. The van der Waals surface area contributed by atoms with Crippen LogP contribution in [-0.4, -0.2) is 0 Å². The van der Waals surface area contributed by atoms with E-state index in [1.54, 1.807) is 0 Å². The van der Waals surface area contributed by atoms with Crippen molar-refractivity contribution in [3.63, 3.8) is 0 Å². The van der Waals surface area contributed by atoms with E-state index in [2.05, 4.69) is 68.2 Å². The predicted octanol–water partition coefficient (Wildman–Crippen LogP) is 5.76. The van der Waals surface area contributed by atoms with E-state index in [-0.39, 0.29) is 5.41 Å². The molecule has 2 rings (SSSR count). The molecular formula is C17H21P. The Morgan fingerprint density at radius 1 is 1.00 bits per heavy atom. The number of rotatable bonds is 5. The Labute approximate surface area is 112 Å². The van der Waals surface area contributed by atoms with Gasteiger partial charge >= 0.3 is 0 Å². The summed E-state index contributed by atoms with van der Waals surface area (Å²) in [5.74, 6) is 2.24. The van der Waals surface area contributed by atoms with Crippen molar-refractivity contribution in [3.05, 3.63) is 65.2 Å². The molecule has 18 heavy (non-hydrogen) atoms. The Hall–Kier alpha value is -1.13. The second-order valence-electron chi connectivity index (χ2n) is 5.02. The molecule has 1 heterocycles. The highest BCUT2D eigenvalue weighted by atomic mass is 31.0. The maximum atomic E-state index is 2.39. The van der Waals surface area contributed by atoms with Crippen LogP contribution in [0.25, 0.3) is 0 Å². The first kappa shape index (κ1) is 13.3. The third-order valence-electron chi connectivity index (χ3n) is 3.67. The lowest BCUT2D eigenvalue weighted by Gasteiger charge is -2.30. The average Bonchev–Trinajstić information content (AvgIpc) is 2.46. The fourth-order valence-corrected chi connectivity index (χ4v) is 3.49. The van der Waals surface area contributed by atoms with Gasteiger partial charge in [0.25, 0.3) is 0 Å². The van der Waals surface area contributed by atoms with Gasteiger partial charge in [-0.3, -0.25) is 0 Å². The van der Waals surface area contributed by atoms with E-state index in [4.69, 9.17) is 0 Å². The van der Waals surface area contributed by atoms with Gasteiger partial charge in [0.15, 0.2) is 0 Å². The molecule has 0 spiro atoms. The van der Waals surface area contributed by atoms with Crippen molar-refractivity contribution in [2.75, 3.05) is 0 Å². The molecular weight excluding hydrogens is 235 g/mol. The average molecular weight is 256 g/mol. The van der Waals surface area contributed by atoms with Crippen molar-refractivity contribution >= 4 is 8.19 Å². The zero-order chi connectivity index (χ0) is 12.8. The summed E-state index contributed by atoms with van der Waals surface area (Å²) in [6.45, 7) is 4.66. The highest BCUT2D eigenvalue weighted by Gasteiger charge is 2.28. The molecule has 0 N–H and O–H groups in total. The smallest absolute Gasteiger partial charge is 0.0218 e. The Morgan fingerprint density at radius 2 is 1.72 bits per heavy atom. The quantitative estimate of drug-likeness (QED) is 0.637. The summed E-state index contributed by atoms with van der Waals surface area (Å²) in [4.78, 5) is 0. The standard InChI is InChI=1S/C17H21P/c1-3-4-13-17(2,15-10-6-5-7-11-15)16-12-8-9-14-18-16/h5-12,14H,3-4,13H2,1-2H3. The third kappa shape index (κ3) is 2.82. The van der Waals surface area contributed by atoms with Gasteiger partial charge in [-0.25, -0.2) is 0 Å². The monoisotopic (exact) mass is 256 g/mol. The minimum Gasteiger partial charge on any atom is -0.0720 e. The van der Waals surface area contributed by atoms with Crippen LogP contribution in [0, 0.1) is 0 Å². The van der Waals surface area contributed by atoms with Gasteiger partial charge < -0.3 is 0 Å². The molecule has 0 fully saturated rings. The first-order valence-corrected chi connectivity index (χ1v) is 7.71. The summed E-state index contributed by atoms with van der Waals surface area (Å²) in [5.41, 5.74) is 1.63. The molecule has 1 unspecified atom stereocenters. The van der Waals surface area contributed by atoms with Crippen LogP contribution < -0.4 is 0 Å². The lowest BCUT2D eigenvalue weighted by molar-refractivity contribution is 0.501. The maximum absolute atomic E-state index is 2.39. The number of hydrogen-bond donors (Lipinski definition) is 0. The van der Waals surface area contributed by atoms with Crippen molar-refractivity contribution in [1.82, 2.24) is 0 Å². The fraction of sp³-hybridized carbons (Fsp3) is 0.353. The Balaban J connectivity index is 2.41. The summed E-state index contributed by atoms with van der Waals surface area (Å²) in [7, 11) is 1.35. The molecule has 0 nitrogen and oxygen atoms in total. The molecule has 0 radical (unpaired) electrons. The van der Waals surface area contributed by atoms with Crippen LogP contribution in [0.15, 0.2) is 54.3 Å². The Kier molecular flexibility index (Phi) is 4.55. The van der Waals surface area contributed by atoms with Crippen LogP contribution in [0.1, 0.15) is 44.0 Å². The zero-order valence-corrected chi connectivity index (χ0v) is 12.2. The molecule has 1 aromatic heterocycles. The SMILES string of the molecule is CCCCC(C)(c1ccccc1)c1ccccp1. The summed E-state index contributed by atoms with van der Waals surface area (Å²) >= 11 is 0. The maximum Gasteiger partial charge on any atom is 0.0218 e. The van der Waals surface area contributed by atoms with Gasteiger partial charge in [0.2, 0.25) is 0 Å². The highest BCUT2D eigenvalue weighted by molar-refractivity contribution is 7.30. The van der Waals surface area contributed by atoms with Gasteiger partial charge in [0.05, 0.1) is 0 Å². The van der Waals surface area contributed by atoms with E-state index in [0.29, 0.717) is 0 Å². The van der Waals surface area contributed by atoms with Crippen LogP contribution in [0.5, 0.6) is 0 Å². The molecule has 1 atom stereocenters. The predicted molar refractivity (Wildman–Crippen MR) is 81.4 cm³/mol. The van der Waals surface area contributed by atoms with E-state index in [0.717, 1.165) is 0 Å². The van der Waals surface area contributed by atoms with E-state index >= 15 is 0 Å². The van der Waals surface area contributed by atoms with E-state index in [9.17, 15) is 0 Å². The lowest BCUT2D eigenvalue weighted by Crippen LogP contribution is -2.22. The van der Waals surface area contributed by atoms with Gasteiger partial charge in [-0.2, -0.15) is 0 Å². The summed E-state index contributed by atoms with van der Waals surface area (Å²) in [6.07, 6.45) is 3.77. The highest BCUT2D eigenvalue weighted by Crippen LogP contribution is 2.40. The normalized spacial score (nSPS) is 14.6. The molecule has 2 aromatic rings. The largest absolute Gasteiger partial charge is 0.0720 e. The number of hydrogen-bond acceptors (Lipinski definition) is 0. The molecule has 94 valence electrons. The second-order valence-corrected chi connectivity index (χ2v) is 6.05. The van der Waals surface area contributed by atoms with Crippen molar-refractivity contribution in [2.24, 2.45) is 0 Å². The Bertz CT molecular complexity index is 422. The minimum atomic E-state index is 0.181. The van der Waals surface area contributed by atoms with Crippen molar-refractivity contribution < 1.29 is 0 Å². The van der Waals surface area contributed by atoms with Crippen LogP contribution >= 0.6 is 8.19 Å². The lowest BCUT2D eigenvalue weighted by atomic mass is 9.77. The van der Waals surface area contributed by atoms with Gasteiger partial charge in [0.1, 0.15) is 0 Å². The van der Waals surface area contributed by atoms with Crippen molar-refractivity contribution in [2.45, 2.75) is 38.5 Å². The first-order chi connectivity index (χ1) is 8.77. The van der Waals surface area contributed by atoms with Crippen LogP contribution in [0.4, 0.5) is 0 Å². The van der Waals surface area contributed by atoms with E-state index < -0.39 is 0 Å². The zero-order valence-electron chi connectivity index (χ0n) is 11.3. The van der Waals surface area contributed by atoms with Crippen LogP contribution in [0.2, 0.25) is 0 Å². The topological polar surface area (TPSA) is 0 Å². The van der Waals surface area contributed by atoms with Crippen LogP contribution in [0.3, 0.4) is 0 Å². The van der Waals surface area contributed by atoms with E-state index in [1.165, 1.54) is 38.3 Å². The van der Waals surface area contributed by atoms with Gasteiger partial charge in [0, 0.05) is 5.41 Å². The summed E-state index contributed by atoms with van der Waals surface area (Å²) < 4.78 is 0. The van der Waals surface area contributed by atoms with Gasteiger partial charge in [-0.15, -0.1) is 0 Å². The van der Waals surface area contributed by atoms with Crippen molar-refractivity contribution in [3.8, 4) is 0 Å². The van der Waals surface area contributed by atoms with Crippen LogP contribution in [-0.2, 0) is 5.41 Å². The van der Waals surface area contributed by atoms with Gasteiger partial charge in [-0.05, 0) is 23.1 Å². The molecule has 0 aliphatic rings. The molecule has 1 heteroatoms. The number of benzene rings is 1. The molecule has 0 bridgehead atoms. The van der Waals surface area contributed by atoms with E-state index in [1.807, 2.05) is 0 Å². The molecule has 0 aliphatic heterocycles. The van der Waals surface area contributed by atoms with Crippen molar-refractivity contribution in [1.29, 1.82) is 0 Å². The molecule has 0 saturated carbocycles. The molecule has 0 amide bonds. The molecule has 1 aromatic carbocycles. The Morgan fingerprint density at radius 3 is 2.33 bits per heavy atom. The minimum absolute atomic E-state index is 0.181. The molecule has 0 aliphatic carbocycles. The fourth-order valence-electron chi connectivity index (χ4n) is 2.45.